The van der Waals surface area contributed by atoms with Crippen LogP contribution in [0.5, 0.6) is 0 Å². The van der Waals surface area contributed by atoms with E-state index in [2.05, 4.69) is 5.32 Å². The van der Waals surface area contributed by atoms with E-state index in [4.69, 9.17) is 10.9 Å². The minimum atomic E-state index is -3.56. The number of sulfonamides is 1. The predicted octanol–water partition coefficient (Wildman–Crippen LogP) is 1.53. The number of hydrogen-bond donors (Lipinski definition) is 3. The van der Waals surface area contributed by atoms with Gasteiger partial charge in [0.1, 0.15) is 0 Å². The first kappa shape index (κ1) is 20.9. The zero-order valence-electron chi connectivity index (χ0n) is 13.6. The summed E-state index contributed by atoms with van der Waals surface area (Å²) in [6.45, 7) is 0.430. The van der Waals surface area contributed by atoms with Crippen LogP contribution in [-0.4, -0.2) is 26.9 Å². The van der Waals surface area contributed by atoms with Gasteiger partial charge in [-0.15, -0.1) is 12.4 Å². The minimum Gasteiger partial charge on any atom is -0.348 e. The number of hydrogen-bond acceptors (Lipinski definition) is 4. The SMILES string of the molecule is Cl.NCC(NC(=O)c1ccc(CS(N)(=O)=O)cc1)C1CCCCC1. The highest BCUT2D eigenvalue weighted by Crippen LogP contribution is 2.26. The van der Waals surface area contributed by atoms with Crippen molar-refractivity contribution < 1.29 is 13.2 Å². The van der Waals surface area contributed by atoms with Gasteiger partial charge in [-0.2, -0.15) is 0 Å². The molecule has 1 aromatic carbocycles. The van der Waals surface area contributed by atoms with Gasteiger partial charge >= 0.3 is 0 Å². The molecule has 5 N–H and O–H groups in total. The van der Waals surface area contributed by atoms with Crippen LogP contribution in [0.2, 0.25) is 0 Å². The summed E-state index contributed by atoms with van der Waals surface area (Å²) in [5, 5.41) is 8.02. The van der Waals surface area contributed by atoms with Gasteiger partial charge in [0.05, 0.1) is 5.75 Å². The van der Waals surface area contributed by atoms with Gasteiger partial charge in [-0.05, 0) is 36.5 Å². The summed E-state index contributed by atoms with van der Waals surface area (Å²) >= 11 is 0. The molecular weight excluding hydrogens is 350 g/mol. The quantitative estimate of drug-likeness (QED) is 0.699. The summed E-state index contributed by atoms with van der Waals surface area (Å²) in [6, 6.07) is 6.44. The second kappa shape index (κ2) is 9.36. The van der Waals surface area contributed by atoms with E-state index in [0.717, 1.165) is 12.8 Å². The molecule has 136 valence electrons. The Labute approximate surface area is 149 Å². The lowest BCUT2D eigenvalue weighted by Gasteiger charge is -2.30. The molecule has 0 radical (unpaired) electrons. The lowest BCUT2D eigenvalue weighted by molar-refractivity contribution is 0.0915. The smallest absolute Gasteiger partial charge is 0.251 e. The monoisotopic (exact) mass is 375 g/mol. The normalized spacial score (nSPS) is 16.9. The van der Waals surface area contributed by atoms with Gasteiger partial charge in [0.2, 0.25) is 10.0 Å². The third-order valence-electron chi connectivity index (χ3n) is 4.37. The fourth-order valence-corrected chi connectivity index (χ4v) is 3.80. The van der Waals surface area contributed by atoms with Crippen molar-refractivity contribution >= 4 is 28.3 Å². The van der Waals surface area contributed by atoms with E-state index in [-0.39, 0.29) is 30.1 Å². The molecule has 1 atom stereocenters. The summed E-state index contributed by atoms with van der Waals surface area (Å²) < 4.78 is 22.1. The van der Waals surface area contributed by atoms with Crippen LogP contribution in [0.1, 0.15) is 48.0 Å². The number of benzene rings is 1. The zero-order chi connectivity index (χ0) is 16.9. The molecule has 8 heteroatoms. The molecule has 1 fully saturated rings. The first-order chi connectivity index (χ1) is 10.9. The standard InChI is InChI=1S/C16H25N3O3S.ClH/c17-10-15(13-4-2-1-3-5-13)19-16(20)14-8-6-12(7-9-14)11-23(18,21)22;/h6-9,13,15H,1-5,10-11,17H2,(H,19,20)(H2,18,21,22);1H. The molecule has 1 aliphatic carbocycles. The van der Waals surface area contributed by atoms with Crippen LogP contribution < -0.4 is 16.2 Å². The van der Waals surface area contributed by atoms with E-state index < -0.39 is 10.0 Å². The Morgan fingerprint density at radius 2 is 1.75 bits per heavy atom. The molecule has 0 aromatic heterocycles. The van der Waals surface area contributed by atoms with Gasteiger partial charge in [0, 0.05) is 18.2 Å². The molecule has 24 heavy (non-hydrogen) atoms. The molecule has 2 rings (SSSR count). The Kier molecular flexibility index (Phi) is 8.15. The van der Waals surface area contributed by atoms with E-state index in [9.17, 15) is 13.2 Å². The second-order valence-corrected chi connectivity index (χ2v) is 7.83. The minimum absolute atomic E-state index is 0. The molecule has 1 saturated carbocycles. The van der Waals surface area contributed by atoms with Crippen LogP contribution in [0, 0.1) is 5.92 Å². The Bertz CT molecular complexity index is 628. The molecule has 0 aliphatic heterocycles. The fourth-order valence-electron chi connectivity index (χ4n) is 3.14. The number of rotatable bonds is 6. The lowest BCUT2D eigenvalue weighted by Crippen LogP contribution is -2.45. The highest BCUT2D eigenvalue weighted by Gasteiger charge is 2.24. The van der Waals surface area contributed by atoms with E-state index >= 15 is 0 Å². The van der Waals surface area contributed by atoms with Gasteiger partial charge in [0.15, 0.2) is 0 Å². The first-order valence-corrected chi connectivity index (χ1v) is 9.71. The van der Waals surface area contributed by atoms with Gasteiger partial charge in [-0.3, -0.25) is 4.79 Å². The van der Waals surface area contributed by atoms with E-state index in [1.165, 1.54) is 19.3 Å². The third kappa shape index (κ3) is 6.39. The largest absolute Gasteiger partial charge is 0.348 e. The van der Waals surface area contributed by atoms with Crippen LogP contribution in [-0.2, 0) is 15.8 Å². The topological polar surface area (TPSA) is 115 Å². The van der Waals surface area contributed by atoms with Crippen molar-refractivity contribution in [3.05, 3.63) is 35.4 Å². The van der Waals surface area contributed by atoms with E-state index in [1.807, 2.05) is 0 Å². The van der Waals surface area contributed by atoms with Crippen molar-refractivity contribution in [3.8, 4) is 0 Å². The molecule has 1 amide bonds. The van der Waals surface area contributed by atoms with Gasteiger partial charge < -0.3 is 11.1 Å². The number of amides is 1. The molecule has 1 unspecified atom stereocenters. The highest BCUT2D eigenvalue weighted by atomic mass is 35.5. The number of halogens is 1. The molecule has 1 aromatic rings. The summed E-state index contributed by atoms with van der Waals surface area (Å²) in [7, 11) is -3.56. The molecule has 0 saturated heterocycles. The Hall–Kier alpha value is -1.15. The first-order valence-electron chi connectivity index (χ1n) is 7.99. The molecule has 0 heterocycles. The van der Waals surface area contributed by atoms with E-state index in [1.54, 1.807) is 24.3 Å². The van der Waals surface area contributed by atoms with Crippen LogP contribution >= 0.6 is 12.4 Å². The summed E-state index contributed by atoms with van der Waals surface area (Å²) in [5.74, 6) is 0.0371. The maximum Gasteiger partial charge on any atom is 0.251 e. The Morgan fingerprint density at radius 1 is 1.17 bits per heavy atom. The summed E-state index contributed by atoms with van der Waals surface area (Å²) in [4.78, 5) is 12.3. The average Bonchev–Trinajstić information content (AvgIpc) is 2.52. The lowest BCUT2D eigenvalue weighted by atomic mass is 9.84. The van der Waals surface area contributed by atoms with Crippen molar-refractivity contribution in [2.24, 2.45) is 16.8 Å². The van der Waals surface area contributed by atoms with Crippen molar-refractivity contribution in [2.75, 3.05) is 6.54 Å². The fraction of sp³-hybridized carbons (Fsp3) is 0.562. The third-order valence-corrected chi connectivity index (χ3v) is 5.11. The van der Waals surface area contributed by atoms with Crippen LogP contribution in [0.15, 0.2) is 24.3 Å². The molecule has 6 nitrogen and oxygen atoms in total. The van der Waals surface area contributed by atoms with Crippen LogP contribution in [0.4, 0.5) is 0 Å². The molecular formula is C16H26ClN3O3S. The van der Waals surface area contributed by atoms with Crippen molar-refractivity contribution in [3.63, 3.8) is 0 Å². The number of nitrogens with one attached hydrogen (secondary N) is 1. The summed E-state index contributed by atoms with van der Waals surface area (Å²) in [6.07, 6.45) is 5.86. The highest BCUT2D eigenvalue weighted by molar-refractivity contribution is 7.88. The molecule has 0 spiro atoms. The van der Waals surface area contributed by atoms with Crippen molar-refractivity contribution in [1.82, 2.24) is 5.32 Å². The number of carbonyl (C=O) groups excluding carboxylic acids is 1. The predicted molar refractivity (Wildman–Crippen MR) is 97.4 cm³/mol. The van der Waals surface area contributed by atoms with Crippen molar-refractivity contribution in [2.45, 2.75) is 43.9 Å². The van der Waals surface area contributed by atoms with Gasteiger partial charge in [-0.1, -0.05) is 31.4 Å². The van der Waals surface area contributed by atoms with Crippen molar-refractivity contribution in [1.29, 1.82) is 0 Å². The van der Waals surface area contributed by atoms with E-state index in [0.29, 0.717) is 23.6 Å². The maximum atomic E-state index is 12.3. The second-order valence-electron chi connectivity index (χ2n) is 6.22. The molecule has 0 bridgehead atoms. The van der Waals surface area contributed by atoms with Gasteiger partial charge in [-0.25, -0.2) is 13.6 Å². The number of carbonyl (C=O) groups is 1. The number of nitrogens with two attached hydrogens (primary N) is 2. The number of primary sulfonamides is 1. The Balaban J connectivity index is 0.00000288. The average molecular weight is 376 g/mol. The summed E-state index contributed by atoms with van der Waals surface area (Å²) in [5.41, 5.74) is 6.89. The van der Waals surface area contributed by atoms with Crippen LogP contribution in [0.3, 0.4) is 0 Å². The molecule has 1 aliphatic rings. The van der Waals surface area contributed by atoms with Crippen LogP contribution in [0.25, 0.3) is 0 Å². The maximum absolute atomic E-state index is 12.3. The zero-order valence-corrected chi connectivity index (χ0v) is 15.2. The van der Waals surface area contributed by atoms with Gasteiger partial charge in [0.25, 0.3) is 5.91 Å². The Morgan fingerprint density at radius 3 is 2.25 bits per heavy atom.